The highest BCUT2D eigenvalue weighted by molar-refractivity contribution is 5.77. The number of piperidine rings is 1. The van der Waals surface area contributed by atoms with Crippen molar-refractivity contribution >= 4 is 5.91 Å². The van der Waals surface area contributed by atoms with Crippen LogP contribution in [-0.4, -0.2) is 60.1 Å². The molecule has 6 heteroatoms. The molecule has 2 aliphatic rings. The Labute approximate surface area is 123 Å². The summed E-state index contributed by atoms with van der Waals surface area (Å²) >= 11 is 0. The van der Waals surface area contributed by atoms with Crippen LogP contribution in [0.1, 0.15) is 12.1 Å². The molecule has 0 bridgehead atoms. The van der Waals surface area contributed by atoms with Crippen LogP contribution in [0.2, 0.25) is 0 Å². The van der Waals surface area contributed by atoms with Gasteiger partial charge < -0.3 is 9.64 Å². The minimum absolute atomic E-state index is 0.0520. The van der Waals surface area contributed by atoms with E-state index in [0.717, 1.165) is 31.7 Å². The number of halogens is 1. The molecule has 5 nitrogen and oxygen atoms in total. The number of carbonyl (C=O) groups excluding carboxylic acids is 1. The number of hydrogen-bond donors (Lipinski definition) is 0. The fraction of sp³-hybridized carbons (Fsp3) is 0.600. The molecular formula is C15H20FN3O2. The first-order chi connectivity index (χ1) is 10.1. The third-order valence-corrected chi connectivity index (χ3v) is 4.28. The summed E-state index contributed by atoms with van der Waals surface area (Å²) in [6, 6.07) is 3.16. The van der Waals surface area contributed by atoms with Crippen molar-refractivity contribution < 1.29 is 13.9 Å². The molecule has 1 aromatic heterocycles. The number of pyridine rings is 1. The van der Waals surface area contributed by atoms with E-state index in [1.807, 2.05) is 7.05 Å². The van der Waals surface area contributed by atoms with Gasteiger partial charge in [-0.05, 0) is 18.6 Å². The average Bonchev–Trinajstić information content (AvgIpc) is 2.61. The Morgan fingerprint density at radius 1 is 1.43 bits per heavy atom. The molecule has 1 aromatic rings. The van der Waals surface area contributed by atoms with Crippen molar-refractivity contribution in [3.63, 3.8) is 0 Å². The lowest BCUT2D eigenvalue weighted by molar-refractivity contribution is -0.133. The second-order valence-corrected chi connectivity index (χ2v) is 5.88. The molecule has 2 saturated heterocycles. The predicted molar refractivity (Wildman–Crippen MR) is 75.0 cm³/mol. The lowest BCUT2D eigenvalue weighted by Crippen LogP contribution is -2.46. The van der Waals surface area contributed by atoms with Crippen molar-refractivity contribution in [2.24, 2.45) is 5.92 Å². The van der Waals surface area contributed by atoms with E-state index in [-0.39, 0.29) is 24.4 Å². The van der Waals surface area contributed by atoms with Crippen molar-refractivity contribution in [3.05, 3.63) is 29.8 Å². The zero-order valence-electron chi connectivity index (χ0n) is 12.2. The van der Waals surface area contributed by atoms with Gasteiger partial charge in [-0.15, -0.1) is 0 Å². The van der Waals surface area contributed by atoms with E-state index in [4.69, 9.17) is 4.74 Å². The molecule has 0 spiro atoms. The van der Waals surface area contributed by atoms with Gasteiger partial charge in [0.1, 0.15) is 12.4 Å². The second kappa shape index (κ2) is 6.07. The molecule has 0 aromatic carbocycles. The van der Waals surface area contributed by atoms with E-state index < -0.39 is 0 Å². The van der Waals surface area contributed by atoms with Crippen LogP contribution in [-0.2, 0) is 16.1 Å². The maximum absolute atomic E-state index is 12.9. The van der Waals surface area contributed by atoms with Gasteiger partial charge in [-0.1, -0.05) is 0 Å². The number of likely N-dealkylation sites (N-methyl/N-ethyl adjacent to an activating group) is 1. The summed E-state index contributed by atoms with van der Waals surface area (Å²) in [7, 11) is 1.83. The number of likely N-dealkylation sites (tertiary alicyclic amines) is 1. The zero-order chi connectivity index (χ0) is 14.8. The SMILES string of the molecule is CN1C[C@H]2CN(Cc3ccc(F)cn3)CC[C@@H]2OCC1=O. The number of hydrogen-bond acceptors (Lipinski definition) is 4. The molecule has 3 heterocycles. The average molecular weight is 293 g/mol. The Balaban J connectivity index is 1.62. The summed E-state index contributed by atoms with van der Waals surface area (Å²) in [5, 5.41) is 0. The highest BCUT2D eigenvalue weighted by Crippen LogP contribution is 2.24. The smallest absolute Gasteiger partial charge is 0.248 e. The van der Waals surface area contributed by atoms with Crippen molar-refractivity contribution in [2.75, 3.05) is 33.3 Å². The second-order valence-electron chi connectivity index (χ2n) is 5.88. The minimum atomic E-state index is -0.310. The predicted octanol–water partition coefficient (Wildman–Crippen LogP) is 0.900. The van der Waals surface area contributed by atoms with Gasteiger partial charge in [0.05, 0.1) is 18.0 Å². The molecule has 3 rings (SSSR count). The van der Waals surface area contributed by atoms with E-state index >= 15 is 0 Å². The van der Waals surface area contributed by atoms with Gasteiger partial charge in [0.2, 0.25) is 5.91 Å². The van der Waals surface area contributed by atoms with Gasteiger partial charge in [-0.25, -0.2) is 4.39 Å². The number of rotatable bonds is 2. The first kappa shape index (κ1) is 14.4. The van der Waals surface area contributed by atoms with Gasteiger partial charge in [0.15, 0.2) is 0 Å². The Bertz CT molecular complexity index is 508. The van der Waals surface area contributed by atoms with Crippen molar-refractivity contribution in [1.82, 2.24) is 14.8 Å². The highest BCUT2D eigenvalue weighted by atomic mass is 19.1. The van der Waals surface area contributed by atoms with E-state index in [0.29, 0.717) is 12.5 Å². The van der Waals surface area contributed by atoms with Crippen LogP contribution in [0.25, 0.3) is 0 Å². The number of aromatic nitrogens is 1. The van der Waals surface area contributed by atoms with Gasteiger partial charge in [-0.2, -0.15) is 0 Å². The van der Waals surface area contributed by atoms with Crippen LogP contribution in [0.3, 0.4) is 0 Å². The fourth-order valence-electron chi connectivity index (χ4n) is 3.10. The zero-order valence-corrected chi connectivity index (χ0v) is 12.2. The third-order valence-electron chi connectivity index (χ3n) is 4.28. The van der Waals surface area contributed by atoms with E-state index in [9.17, 15) is 9.18 Å². The van der Waals surface area contributed by atoms with Crippen molar-refractivity contribution in [1.29, 1.82) is 0 Å². The number of ether oxygens (including phenoxy) is 1. The summed E-state index contributed by atoms with van der Waals surface area (Å²) in [5.74, 6) is 0.0709. The quantitative estimate of drug-likeness (QED) is 0.813. The largest absolute Gasteiger partial charge is 0.368 e. The molecule has 0 N–H and O–H groups in total. The van der Waals surface area contributed by atoms with Crippen LogP contribution < -0.4 is 0 Å². The van der Waals surface area contributed by atoms with Crippen LogP contribution in [0.5, 0.6) is 0 Å². The molecule has 0 saturated carbocycles. The van der Waals surface area contributed by atoms with Gasteiger partial charge in [0, 0.05) is 39.1 Å². The van der Waals surface area contributed by atoms with Crippen LogP contribution in [0.15, 0.2) is 18.3 Å². The van der Waals surface area contributed by atoms with Crippen LogP contribution in [0.4, 0.5) is 4.39 Å². The molecular weight excluding hydrogens is 273 g/mol. The topological polar surface area (TPSA) is 45.7 Å². The number of amides is 1. The summed E-state index contributed by atoms with van der Waals surface area (Å²) in [4.78, 5) is 19.9. The maximum atomic E-state index is 12.9. The standard InChI is InChI=1S/C15H20FN3O2/c1-18-7-11-8-19(5-4-14(11)21-10-15(18)20)9-13-3-2-12(16)6-17-13/h2-3,6,11,14H,4-5,7-10H2,1H3/t11-,14-/m0/s1. The highest BCUT2D eigenvalue weighted by Gasteiger charge is 2.34. The van der Waals surface area contributed by atoms with Crippen molar-refractivity contribution in [2.45, 2.75) is 19.1 Å². The molecule has 1 amide bonds. The van der Waals surface area contributed by atoms with E-state index in [1.54, 1.807) is 11.0 Å². The molecule has 0 unspecified atom stereocenters. The van der Waals surface area contributed by atoms with Gasteiger partial charge in [0.25, 0.3) is 0 Å². The monoisotopic (exact) mass is 293 g/mol. The molecule has 2 atom stereocenters. The number of nitrogens with zero attached hydrogens (tertiary/aromatic N) is 3. The fourth-order valence-corrected chi connectivity index (χ4v) is 3.10. The van der Waals surface area contributed by atoms with Crippen molar-refractivity contribution in [3.8, 4) is 0 Å². The first-order valence-corrected chi connectivity index (χ1v) is 7.30. The normalized spacial score (nSPS) is 27.3. The number of carbonyl (C=O) groups is 1. The van der Waals surface area contributed by atoms with E-state index in [2.05, 4.69) is 9.88 Å². The molecule has 114 valence electrons. The Hall–Kier alpha value is -1.53. The Kier molecular flexibility index (Phi) is 4.17. The lowest BCUT2D eigenvalue weighted by Gasteiger charge is -2.37. The van der Waals surface area contributed by atoms with Gasteiger partial charge in [-0.3, -0.25) is 14.7 Å². The third kappa shape index (κ3) is 3.39. The summed E-state index contributed by atoms with van der Waals surface area (Å²) < 4.78 is 18.6. The summed E-state index contributed by atoms with van der Waals surface area (Å²) in [6.45, 7) is 3.43. The van der Waals surface area contributed by atoms with Gasteiger partial charge >= 0.3 is 0 Å². The first-order valence-electron chi connectivity index (χ1n) is 7.30. The van der Waals surface area contributed by atoms with E-state index in [1.165, 1.54) is 12.3 Å². The molecule has 21 heavy (non-hydrogen) atoms. The maximum Gasteiger partial charge on any atom is 0.248 e. The number of fused-ring (bicyclic) bond motifs is 1. The Morgan fingerprint density at radius 2 is 2.29 bits per heavy atom. The molecule has 2 aliphatic heterocycles. The van der Waals surface area contributed by atoms with Crippen LogP contribution >= 0.6 is 0 Å². The Morgan fingerprint density at radius 3 is 3.05 bits per heavy atom. The summed E-state index contributed by atoms with van der Waals surface area (Å²) in [5.41, 5.74) is 0.869. The minimum Gasteiger partial charge on any atom is -0.368 e. The lowest BCUT2D eigenvalue weighted by atomic mass is 9.94. The summed E-state index contributed by atoms with van der Waals surface area (Å²) in [6.07, 6.45) is 2.34. The van der Waals surface area contributed by atoms with Crippen LogP contribution in [0, 0.1) is 11.7 Å². The molecule has 2 fully saturated rings. The molecule has 0 radical (unpaired) electrons. The molecule has 0 aliphatic carbocycles.